The molecule has 1 aliphatic carbocycles. The number of piperidine rings is 1. The fourth-order valence-electron chi connectivity index (χ4n) is 4.99. The number of methoxy groups -OCH3 is 2. The van der Waals surface area contributed by atoms with Crippen molar-refractivity contribution in [2.45, 2.75) is 64.3 Å². The molecule has 0 spiro atoms. The zero-order valence-corrected chi connectivity index (χ0v) is 18.2. The molecule has 0 unspecified atom stereocenters. The van der Waals surface area contributed by atoms with Crippen molar-refractivity contribution < 1.29 is 9.47 Å². The minimum atomic E-state index is 0.487. The van der Waals surface area contributed by atoms with Gasteiger partial charge >= 0.3 is 0 Å². The van der Waals surface area contributed by atoms with Crippen molar-refractivity contribution in [1.82, 2.24) is 9.88 Å². The molecule has 5 heteroatoms. The molecule has 4 rings (SSSR count). The number of anilines is 1. The third kappa shape index (κ3) is 4.30. The number of ether oxygens (including phenoxy) is 2. The summed E-state index contributed by atoms with van der Waals surface area (Å²) in [5.41, 5.74) is 4.99. The Labute approximate surface area is 174 Å². The molecule has 1 aromatic carbocycles. The molecule has 1 N–H and O–H groups in total. The molecule has 1 saturated heterocycles. The molecule has 2 aromatic rings. The van der Waals surface area contributed by atoms with E-state index in [-0.39, 0.29) is 0 Å². The summed E-state index contributed by atoms with van der Waals surface area (Å²) in [6.45, 7) is 5.82. The van der Waals surface area contributed by atoms with Gasteiger partial charge in [0.25, 0.3) is 0 Å². The van der Waals surface area contributed by atoms with Crippen LogP contribution in [0.4, 0.5) is 5.69 Å². The lowest BCUT2D eigenvalue weighted by molar-refractivity contribution is 0.217. The highest BCUT2D eigenvalue weighted by molar-refractivity contribution is 5.96. The van der Waals surface area contributed by atoms with Crippen LogP contribution in [0.25, 0.3) is 10.9 Å². The number of nitrogens with one attached hydrogen (secondary N) is 1. The van der Waals surface area contributed by atoms with Crippen molar-refractivity contribution in [2.24, 2.45) is 0 Å². The Morgan fingerprint density at radius 1 is 1.07 bits per heavy atom. The lowest BCUT2D eigenvalue weighted by atomic mass is 9.99. The summed E-state index contributed by atoms with van der Waals surface area (Å²) in [6.07, 6.45) is 9.65. The van der Waals surface area contributed by atoms with Gasteiger partial charge in [0, 0.05) is 35.4 Å². The highest BCUT2D eigenvalue weighted by Crippen LogP contribution is 2.39. The van der Waals surface area contributed by atoms with Crippen molar-refractivity contribution in [3.05, 3.63) is 23.4 Å². The van der Waals surface area contributed by atoms with E-state index in [1.807, 2.05) is 6.07 Å². The molecule has 0 radical (unpaired) electrons. The van der Waals surface area contributed by atoms with Gasteiger partial charge in [0.05, 0.1) is 19.7 Å². The number of nitrogens with zero attached hydrogens (tertiary/aromatic N) is 2. The summed E-state index contributed by atoms with van der Waals surface area (Å²) in [6, 6.07) is 4.64. The number of fused-ring (bicyclic) bond motifs is 2. The Morgan fingerprint density at radius 2 is 1.86 bits per heavy atom. The van der Waals surface area contributed by atoms with Crippen LogP contribution in [0.5, 0.6) is 11.5 Å². The second-order valence-corrected chi connectivity index (χ2v) is 8.48. The quantitative estimate of drug-likeness (QED) is 0.709. The average molecular weight is 398 g/mol. The fraction of sp³-hybridized carbons (Fsp3) is 0.625. The van der Waals surface area contributed by atoms with E-state index in [2.05, 4.69) is 23.2 Å². The normalized spacial score (nSPS) is 20.2. The molecule has 0 saturated carbocycles. The van der Waals surface area contributed by atoms with Gasteiger partial charge in [-0.25, -0.2) is 0 Å². The molecule has 2 aliphatic rings. The highest BCUT2D eigenvalue weighted by Gasteiger charge is 2.24. The minimum absolute atomic E-state index is 0.487. The van der Waals surface area contributed by atoms with Crippen LogP contribution in [0.2, 0.25) is 0 Å². The monoisotopic (exact) mass is 397 g/mol. The number of rotatable bonds is 6. The number of aryl methyl sites for hydroxylation is 1. The van der Waals surface area contributed by atoms with Crippen molar-refractivity contribution in [1.29, 1.82) is 0 Å². The summed E-state index contributed by atoms with van der Waals surface area (Å²) < 4.78 is 11.2. The molecule has 1 atom stereocenters. The second kappa shape index (κ2) is 9.21. The number of aromatic nitrogens is 1. The summed E-state index contributed by atoms with van der Waals surface area (Å²) in [4.78, 5) is 7.68. The van der Waals surface area contributed by atoms with Gasteiger partial charge in [-0.15, -0.1) is 0 Å². The summed E-state index contributed by atoms with van der Waals surface area (Å²) in [5.74, 6) is 1.52. The first kappa shape index (κ1) is 20.3. The Hall–Kier alpha value is -2.01. The molecule has 0 amide bonds. The maximum Gasteiger partial charge on any atom is 0.162 e. The fourth-order valence-corrected chi connectivity index (χ4v) is 4.99. The van der Waals surface area contributed by atoms with E-state index < -0.39 is 0 Å². The van der Waals surface area contributed by atoms with Crippen LogP contribution in [0.3, 0.4) is 0 Å². The van der Waals surface area contributed by atoms with Crippen LogP contribution in [0.1, 0.15) is 56.7 Å². The van der Waals surface area contributed by atoms with E-state index in [9.17, 15) is 0 Å². The number of hydrogen-bond donors (Lipinski definition) is 1. The average Bonchev–Trinajstić information content (AvgIpc) is 2.98. The predicted molar refractivity (Wildman–Crippen MR) is 119 cm³/mol. The van der Waals surface area contributed by atoms with Gasteiger partial charge < -0.3 is 19.7 Å². The zero-order chi connectivity index (χ0) is 20.2. The van der Waals surface area contributed by atoms with Crippen LogP contribution < -0.4 is 14.8 Å². The maximum atomic E-state index is 5.62. The van der Waals surface area contributed by atoms with Crippen molar-refractivity contribution >= 4 is 16.6 Å². The number of pyridine rings is 1. The molecular weight excluding hydrogens is 362 g/mol. The van der Waals surface area contributed by atoms with E-state index in [1.165, 1.54) is 68.6 Å². The molecular formula is C24H35N3O2. The smallest absolute Gasteiger partial charge is 0.162 e. The van der Waals surface area contributed by atoms with E-state index in [4.69, 9.17) is 14.5 Å². The van der Waals surface area contributed by atoms with Gasteiger partial charge in [-0.05, 0) is 69.7 Å². The summed E-state index contributed by atoms with van der Waals surface area (Å²) >= 11 is 0. The van der Waals surface area contributed by atoms with Gasteiger partial charge in [0.1, 0.15) is 0 Å². The predicted octanol–water partition coefficient (Wildman–Crippen LogP) is 4.81. The van der Waals surface area contributed by atoms with E-state index in [0.29, 0.717) is 6.04 Å². The first-order valence-corrected chi connectivity index (χ1v) is 11.3. The number of hydrogen-bond acceptors (Lipinski definition) is 5. The van der Waals surface area contributed by atoms with Crippen LogP contribution >= 0.6 is 0 Å². The summed E-state index contributed by atoms with van der Waals surface area (Å²) in [7, 11) is 3.40. The number of likely N-dealkylation sites (tertiary alicyclic amines) is 1. The zero-order valence-electron chi connectivity index (χ0n) is 18.2. The molecule has 0 bridgehead atoms. The van der Waals surface area contributed by atoms with Crippen LogP contribution in [0, 0.1) is 0 Å². The van der Waals surface area contributed by atoms with Crippen LogP contribution in [-0.4, -0.2) is 49.8 Å². The molecule has 5 nitrogen and oxygen atoms in total. The van der Waals surface area contributed by atoms with Crippen LogP contribution in [-0.2, 0) is 12.8 Å². The minimum Gasteiger partial charge on any atom is -0.493 e. The van der Waals surface area contributed by atoms with Crippen LogP contribution in [0.15, 0.2) is 12.1 Å². The van der Waals surface area contributed by atoms with Gasteiger partial charge in [-0.1, -0.05) is 13.3 Å². The maximum absolute atomic E-state index is 5.62. The molecule has 158 valence electrons. The summed E-state index contributed by atoms with van der Waals surface area (Å²) in [5, 5.41) is 5.14. The second-order valence-electron chi connectivity index (χ2n) is 8.48. The standard InChI is InChI=1S/C24H35N3O2/c1-4-12-27-13-8-9-17(16-27)25-24-18-10-6-5-7-11-20(18)26-21-15-23(29-3)22(28-2)14-19(21)24/h14-15,17H,4-13,16H2,1-3H3,(H,25,26)/t17-/m1/s1. The van der Waals surface area contributed by atoms with Gasteiger partial charge in [-0.3, -0.25) is 4.98 Å². The van der Waals surface area contributed by atoms with Crippen molar-refractivity contribution in [2.75, 3.05) is 39.2 Å². The third-order valence-electron chi connectivity index (χ3n) is 6.41. The van der Waals surface area contributed by atoms with Crippen molar-refractivity contribution in [3.8, 4) is 11.5 Å². The molecule has 1 aliphatic heterocycles. The van der Waals surface area contributed by atoms with Gasteiger partial charge in [0.2, 0.25) is 0 Å². The topological polar surface area (TPSA) is 46.6 Å². The van der Waals surface area contributed by atoms with Gasteiger partial charge in [-0.2, -0.15) is 0 Å². The Morgan fingerprint density at radius 3 is 2.66 bits per heavy atom. The molecule has 1 aromatic heterocycles. The lowest BCUT2D eigenvalue weighted by Gasteiger charge is -2.34. The molecule has 2 heterocycles. The highest BCUT2D eigenvalue weighted by atomic mass is 16.5. The Bertz CT molecular complexity index is 850. The molecule has 1 fully saturated rings. The number of benzene rings is 1. The largest absolute Gasteiger partial charge is 0.493 e. The Kier molecular flexibility index (Phi) is 6.43. The van der Waals surface area contributed by atoms with Crippen molar-refractivity contribution in [3.63, 3.8) is 0 Å². The SMILES string of the molecule is CCCN1CCC[C@@H](Nc2c3c(nc4cc(OC)c(OC)cc24)CCCCC3)C1. The van der Waals surface area contributed by atoms with E-state index >= 15 is 0 Å². The molecule has 29 heavy (non-hydrogen) atoms. The third-order valence-corrected chi connectivity index (χ3v) is 6.41. The Balaban J connectivity index is 1.77. The lowest BCUT2D eigenvalue weighted by Crippen LogP contribution is -2.42. The first-order chi connectivity index (χ1) is 14.2. The van der Waals surface area contributed by atoms with Gasteiger partial charge in [0.15, 0.2) is 11.5 Å². The first-order valence-electron chi connectivity index (χ1n) is 11.3. The van der Waals surface area contributed by atoms with E-state index in [0.717, 1.165) is 41.8 Å². The van der Waals surface area contributed by atoms with E-state index in [1.54, 1.807) is 14.2 Å².